The minimum absolute atomic E-state index is 0.285. The largest absolute Gasteiger partial charge is 0.378 e. The minimum Gasteiger partial charge on any atom is -0.378 e. The highest BCUT2D eigenvalue weighted by Gasteiger charge is 2.18. The Morgan fingerprint density at radius 3 is 2.64 bits per heavy atom. The first-order valence-corrected chi connectivity index (χ1v) is 8.89. The van der Waals surface area contributed by atoms with Crippen LogP contribution in [0, 0.1) is 13.8 Å². The van der Waals surface area contributed by atoms with Crippen LogP contribution < -0.4 is 15.8 Å². The van der Waals surface area contributed by atoms with E-state index in [9.17, 15) is 9.59 Å². The molecule has 1 aromatic carbocycles. The van der Waals surface area contributed by atoms with E-state index in [1.54, 1.807) is 11.4 Å². The number of anilines is 1. The smallest absolute Gasteiger partial charge is 0.289 e. The fourth-order valence-corrected chi connectivity index (χ4v) is 3.37. The molecule has 2 heterocycles. The molecule has 0 radical (unpaired) electrons. The molecular weight excluding hydrogens is 340 g/mol. The van der Waals surface area contributed by atoms with Crippen LogP contribution in [0.3, 0.4) is 0 Å². The molecule has 2 N–H and O–H groups in total. The second-order valence-corrected chi connectivity index (χ2v) is 6.61. The van der Waals surface area contributed by atoms with Crippen molar-refractivity contribution in [2.24, 2.45) is 0 Å². The van der Waals surface area contributed by atoms with Crippen LogP contribution in [-0.2, 0) is 4.74 Å². The normalized spacial score (nSPS) is 14.2. The van der Waals surface area contributed by atoms with Gasteiger partial charge in [0.25, 0.3) is 11.8 Å². The third kappa shape index (κ3) is 3.97. The van der Waals surface area contributed by atoms with E-state index in [-0.39, 0.29) is 11.6 Å². The van der Waals surface area contributed by atoms with E-state index in [1.807, 2.05) is 26.0 Å². The number of carbonyl (C=O) groups excluding carboxylic acids is 2. The highest BCUT2D eigenvalue weighted by Crippen LogP contribution is 2.21. The Kier molecular flexibility index (Phi) is 5.30. The standard InChI is InChI=1S/C17H20N4O3S/c1-11-4-3-5-13(12(11)2)15(22)19-20-16(23)14-10-25-17(18-14)21-6-8-24-9-7-21/h3-5,10H,6-9H2,1-2H3,(H,19,22)(H,20,23). The SMILES string of the molecule is Cc1cccc(C(=O)NNC(=O)c2csc(N3CCOCC3)n2)c1C. The second kappa shape index (κ2) is 7.62. The number of hydrogen-bond donors (Lipinski definition) is 2. The first-order chi connectivity index (χ1) is 12.1. The first kappa shape index (κ1) is 17.4. The molecule has 2 aromatic rings. The zero-order valence-corrected chi connectivity index (χ0v) is 15.0. The van der Waals surface area contributed by atoms with Gasteiger partial charge in [-0.05, 0) is 31.0 Å². The van der Waals surface area contributed by atoms with Gasteiger partial charge in [0.15, 0.2) is 5.13 Å². The summed E-state index contributed by atoms with van der Waals surface area (Å²) in [5.41, 5.74) is 7.60. The zero-order valence-electron chi connectivity index (χ0n) is 14.2. The maximum Gasteiger partial charge on any atom is 0.289 e. The summed E-state index contributed by atoms with van der Waals surface area (Å²) in [6.07, 6.45) is 0. The monoisotopic (exact) mass is 360 g/mol. The van der Waals surface area contributed by atoms with E-state index in [4.69, 9.17) is 4.74 Å². The molecule has 0 unspecified atom stereocenters. The van der Waals surface area contributed by atoms with Crippen molar-refractivity contribution in [2.45, 2.75) is 13.8 Å². The average molecular weight is 360 g/mol. The number of hydrogen-bond acceptors (Lipinski definition) is 6. The van der Waals surface area contributed by atoms with Gasteiger partial charge >= 0.3 is 0 Å². The number of rotatable bonds is 3. The van der Waals surface area contributed by atoms with Gasteiger partial charge in [-0.1, -0.05) is 12.1 Å². The minimum atomic E-state index is -0.436. The van der Waals surface area contributed by atoms with Gasteiger partial charge < -0.3 is 9.64 Å². The molecule has 0 spiro atoms. The molecule has 7 nitrogen and oxygen atoms in total. The predicted octanol–water partition coefficient (Wildman–Crippen LogP) is 1.67. The lowest BCUT2D eigenvalue weighted by Crippen LogP contribution is -2.42. The number of morpholine rings is 1. The van der Waals surface area contributed by atoms with Crippen molar-refractivity contribution in [2.75, 3.05) is 31.2 Å². The van der Waals surface area contributed by atoms with E-state index >= 15 is 0 Å². The molecule has 132 valence electrons. The summed E-state index contributed by atoms with van der Waals surface area (Å²) in [6.45, 7) is 6.66. The van der Waals surface area contributed by atoms with Crippen LogP contribution in [0.15, 0.2) is 23.6 Å². The molecule has 1 aromatic heterocycles. The summed E-state index contributed by atoms with van der Waals surface area (Å²) >= 11 is 1.41. The van der Waals surface area contributed by atoms with Gasteiger partial charge in [0.2, 0.25) is 0 Å². The Labute approximate surface area is 150 Å². The van der Waals surface area contributed by atoms with Crippen LogP contribution in [0.25, 0.3) is 0 Å². The maximum atomic E-state index is 12.2. The third-order valence-electron chi connectivity index (χ3n) is 4.15. The van der Waals surface area contributed by atoms with Crippen LogP contribution in [0.2, 0.25) is 0 Å². The Hall–Kier alpha value is -2.45. The van der Waals surface area contributed by atoms with E-state index in [1.165, 1.54) is 11.3 Å². The van der Waals surface area contributed by atoms with Crippen LogP contribution in [0.1, 0.15) is 32.0 Å². The second-order valence-electron chi connectivity index (χ2n) is 5.77. The number of thiazole rings is 1. The molecule has 0 atom stereocenters. The van der Waals surface area contributed by atoms with Crippen molar-refractivity contribution < 1.29 is 14.3 Å². The summed E-state index contributed by atoms with van der Waals surface area (Å²) < 4.78 is 5.31. The van der Waals surface area contributed by atoms with E-state index in [0.717, 1.165) is 29.3 Å². The fourth-order valence-electron chi connectivity index (χ4n) is 2.51. The Morgan fingerprint density at radius 1 is 1.16 bits per heavy atom. The molecule has 0 bridgehead atoms. The molecule has 25 heavy (non-hydrogen) atoms. The fraction of sp³-hybridized carbons (Fsp3) is 0.353. The van der Waals surface area contributed by atoms with Crippen molar-refractivity contribution in [3.8, 4) is 0 Å². The lowest BCUT2D eigenvalue weighted by Gasteiger charge is -2.25. The van der Waals surface area contributed by atoms with Crippen molar-refractivity contribution in [3.05, 3.63) is 46.0 Å². The van der Waals surface area contributed by atoms with E-state index < -0.39 is 5.91 Å². The van der Waals surface area contributed by atoms with Crippen LogP contribution in [0.4, 0.5) is 5.13 Å². The summed E-state index contributed by atoms with van der Waals surface area (Å²) in [4.78, 5) is 30.9. The number of amides is 2. The third-order valence-corrected chi connectivity index (χ3v) is 5.05. The number of carbonyl (C=O) groups is 2. The molecule has 1 saturated heterocycles. The van der Waals surface area contributed by atoms with E-state index in [0.29, 0.717) is 18.8 Å². The van der Waals surface area contributed by atoms with Crippen molar-refractivity contribution in [1.82, 2.24) is 15.8 Å². The number of ether oxygens (including phenoxy) is 1. The van der Waals surface area contributed by atoms with Gasteiger partial charge in [0.05, 0.1) is 13.2 Å². The van der Waals surface area contributed by atoms with Gasteiger partial charge in [-0.2, -0.15) is 0 Å². The van der Waals surface area contributed by atoms with E-state index in [2.05, 4.69) is 20.7 Å². The molecule has 0 saturated carbocycles. The number of nitrogens with zero attached hydrogens (tertiary/aromatic N) is 2. The van der Waals surface area contributed by atoms with Gasteiger partial charge in [0, 0.05) is 24.0 Å². The zero-order chi connectivity index (χ0) is 17.8. The molecular formula is C17H20N4O3S. The lowest BCUT2D eigenvalue weighted by atomic mass is 10.0. The van der Waals surface area contributed by atoms with Crippen LogP contribution in [-0.4, -0.2) is 43.1 Å². The summed E-state index contributed by atoms with van der Waals surface area (Å²) in [5.74, 6) is -0.785. The number of hydrazine groups is 1. The van der Waals surface area contributed by atoms with Crippen molar-refractivity contribution >= 4 is 28.3 Å². The summed E-state index contributed by atoms with van der Waals surface area (Å²) in [7, 11) is 0. The van der Waals surface area contributed by atoms with Crippen LogP contribution in [0.5, 0.6) is 0 Å². The highest BCUT2D eigenvalue weighted by molar-refractivity contribution is 7.13. The lowest BCUT2D eigenvalue weighted by molar-refractivity contribution is 0.0844. The number of benzene rings is 1. The molecule has 1 fully saturated rings. The topological polar surface area (TPSA) is 83.6 Å². The van der Waals surface area contributed by atoms with Crippen molar-refractivity contribution in [3.63, 3.8) is 0 Å². The molecule has 1 aliphatic heterocycles. The summed E-state index contributed by atoms with van der Waals surface area (Å²) in [6, 6.07) is 5.48. The number of aromatic nitrogens is 1. The Bertz CT molecular complexity index is 784. The molecule has 2 amide bonds. The predicted molar refractivity (Wildman–Crippen MR) is 96.0 cm³/mol. The molecule has 1 aliphatic rings. The molecule has 0 aliphatic carbocycles. The van der Waals surface area contributed by atoms with Crippen molar-refractivity contribution in [1.29, 1.82) is 0 Å². The van der Waals surface area contributed by atoms with Crippen LogP contribution >= 0.6 is 11.3 Å². The molecule has 3 rings (SSSR count). The first-order valence-electron chi connectivity index (χ1n) is 8.01. The molecule has 8 heteroatoms. The van der Waals surface area contributed by atoms with Gasteiger partial charge in [-0.3, -0.25) is 20.4 Å². The maximum absolute atomic E-state index is 12.2. The van der Waals surface area contributed by atoms with Gasteiger partial charge in [0.1, 0.15) is 5.69 Å². The number of aryl methyl sites for hydroxylation is 1. The Balaban J connectivity index is 1.60. The number of nitrogens with one attached hydrogen (secondary N) is 2. The summed E-state index contributed by atoms with van der Waals surface area (Å²) in [5, 5.41) is 2.47. The van der Waals surface area contributed by atoms with Gasteiger partial charge in [-0.15, -0.1) is 11.3 Å². The Morgan fingerprint density at radius 2 is 1.88 bits per heavy atom. The highest BCUT2D eigenvalue weighted by atomic mass is 32.1. The quantitative estimate of drug-likeness (QED) is 0.814. The average Bonchev–Trinajstić information content (AvgIpc) is 3.13. The van der Waals surface area contributed by atoms with Gasteiger partial charge in [-0.25, -0.2) is 4.98 Å².